The molecule has 0 spiro atoms. The van der Waals surface area contributed by atoms with Gasteiger partial charge in [-0.2, -0.15) is 4.98 Å². The molecule has 2 N–H and O–H groups in total. The Balaban J connectivity index is 1.48. The summed E-state index contributed by atoms with van der Waals surface area (Å²) in [7, 11) is -2.22. The molecule has 0 aliphatic carbocycles. The number of H-pyrrole nitrogens is 1. The summed E-state index contributed by atoms with van der Waals surface area (Å²) in [5.41, 5.74) is -2.73. The SMILES string of the molecule is C#C[C@@]1(F)[C@H](OC2CCCCO2)[C@@H](CO[Si](C)(C)C(C)(C)C)O[C@@H]1n1cnc2c(=O)[nH]c(NC3CCCCO3)nc21. The van der Waals surface area contributed by atoms with Crippen LogP contribution in [0.3, 0.4) is 0 Å². The molecular weight excluding hydrogens is 549 g/mol. The highest BCUT2D eigenvalue weighted by Crippen LogP contribution is 2.46. The number of rotatable bonds is 8. The minimum absolute atomic E-state index is 0.0390. The molecule has 0 bridgehead atoms. The zero-order valence-corrected chi connectivity index (χ0v) is 25.6. The van der Waals surface area contributed by atoms with Gasteiger partial charge in [-0.25, -0.2) is 9.37 Å². The molecule has 5 heterocycles. The standard InChI is InChI=1S/C28H42FN5O6Si/c1-7-28(29)22(40-20-13-9-11-15-37-20)18(16-38-41(5,6)27(2,3)4)39-25(28)34-17-30-21-23(34)32-26(33-24(21)35)31-19-12-8-10-14-36-19/h1,17-20,22,25H,8-16H2,2-6H3,(H2,31,32,33,35)/t18-,19?,20?,22-,25+,28-/m1/s1. The predicted octanol–water partition coefficient (Wildman–Crippen LogP) is 4.23. The van der Waals surface area contributed by atoms with E-state index in [4.69, 9.17) is 29.8 Å². The highest BCUT2D eigenvalue weighted by atomic mass is 28.4. The molecular formula is C28H42FN5O6Si. The summed E-state index contributed by atoms with van der Waals surface area (Å²) in [6, 6.07) is 0. The summed E-state index contributed by atoms with van der Waals surface area (Å²) in [5.74, 6) is 2.52. The summed E-state index contributed by atoms with van der Waals surface area (Å²) in [6.07, 6.45) is 8.12. The number of terminal acetylenes is 1. The number of alkyl halides is 1. The van der Waals surface area contributed by atoms with Crippen LogP contribution in [-0.2, 0) is 23.4 Å². The zero-order valence-electron chi connectivity index (χ0n) is 24.6. The van der Waals surface area contributed by atoms with Crippen LogP contribution in [-0.4, -0.2) is 78.1 Å². The van der Waals surface area contributed by atoms with Crippen LogP contribution < -0.4 is 10.9 Å². The highest BCUT2D eigenvalue weighted by molar-refractivity contribution is 6.74. The van der Waals surface area contributed by atoms with Gasteiger partial charge in [0.25, 0.3) is 5.56 Å². The maximum atomic E-state index is 17.1. The molecule has 11 nitrogen and oxygen atoms in total. The minimum atomic E-state index is -2.43. The topological polar surface area (TPSA) is 122 Å². The molecule has 3 fully saturated rings. The second-order valence-electron chi connectivity index (χ2n) is 12.6. The number of ether oxygens (including phenoxy) is 4. The van der Waals surface area contributed by atoms with Gasteiger partial charge in [-0.1, -0.05) is 26.7 Å². The molecule has 2 aromatic rings. The third-order valence-corrected chi connectivity index (χ3v) is 13.2. The van der Waals surface area contributed by atoms with Crippen molar-refractivity contribution < 1.29 is 27.8 Å². The fourth-order valence-corrected chi connectivity index (χ4v) is 6.16. The number of aromatic amines is 1. The quantitative estimate of drug-likeness (QED) is 0.343. The van der Waals surface area contributed by atoms with Crippen molar-refractivity contribution in [1.29, 1.82) is 0 Å². The number of fused-ring (bicyclic) bond motifs is 1. The average molecular weight is 592 g/mol. The number of anilines is 1. The molecule has 5 rings (SSSR count). The number of hydrogen-bond donors (Lipinski definition) is 2. The number of aromatic nitrogens is 4. The third kappa shape index (κ3) is 6.09. The maximum Gasteiger partial charge on any atom is 0.280 e. The lowest BCUT2D eigenvalue weighted by Crippen LogP contribution is -2.49. The van der Waals surface area contributed by atoms with Crippen LogP contribution in [0.4, 0.5) is 10.3 Å². The third-order valence-electron chi connectivity index (χ3n) is 8.65. The van der Waals surface area contributed by atoms with Crippen molar-refractivity contribution in [3.8, 4) is 12.3 Å². The molecule has 2 unspecified atom stereocenters. The van der Waals surface area contributed by atoms with Gasteiger partial charge in [0.15, 0.2) is 32.0 Å². The average Bonchev–Trinajstić information content (AvgIpc) is 3.47. The van der Waals surface area contributed by atoms with Crippen LogP contribution in [0.1, 0.15) is 65.5 Å². The number of nitrogens with zero attached hydrogens (tertiary/aromatic N) is 3. The van der Waals surface area contributed by atoms with Gasteiger partial charge in [0, 0.05) is 13.2 Å². The monoisotopic (exact) mass is 591 g/mol. The van der Waals surface area contributed by atoms with Crippen molar-refractivity contribution in [3.63, 3.8) is 0 Å². The van der Waals surface area contributed by atoms with Crippen LogP contribution in [0.5, 0.6) is 0 Å². The van der Waals surface area contributed by atoms with E-state index in [2.05, 4.69) is 60.1 Å². The van der Waals surface area contributed by atoms with Gasteiger partial charge in [-0.05, 0) is 56.7 Å². The fraction of sp³-hybridized carbons (Fsp3) is 0.750. The van der Waals surface area contributed by atoms with Crippen LogP contribution in [0.25, 0.3) is 11.2 Å². The smallest absolute Gasteiger partial charge is 0.280 e. The summed E-state index contributed by atoms with van der Waals surface area (Å²) < 4.78 is 49.0. The largest absolute Gasteiger partial charge is 0.414 e. The van der Waals surface area contributed by atoms with Crippen molar-refractivity contribution in [2.75, 3.05) is 25.1 Å². The lowest BCUT2D eigenvalue weighted by Gasteiger charge is -2.37. The van der Waals surface area contributed by atoms with E-state index < -0.39 is 44.3 Å². The second kappa shape index (κ2) is 11.7. The first-order valence-electron chi connectivity index (χ1n) is 14.5. The normalized spacial score (nSPS) is 31.3. The van der Waals surface area contributed by atoms with E-state index in [9.17, 15) is 4.79 Å². The Bertz CT molecular complexity index is 1310. The van der Waals surface area contributed by atoms with E-state index in [0.717, 1.165) is 32.1 Å². The number of imidazole rings is 1. The number of hydrogen-bond acceptors (Lipinski definition) is 9. The lowest BCUT2D eigenvalue weighted by molar-refractivity contribution is -0.211. The molecule has 6 atom stereocenters. The van der Waals surface area contributed by atoms with Gasteiger partial charge < -0.3 is 28.7 Å². The summed E-state index contributed by atoms with van der Waals surface area (Å²) in [4.78, 5) is 24.4. The minimum Gasteiger partial charge on any atom is -0.414 e. The first-order chi connectivity index (χ1) is 19.4. The van der Waals surface area contributed by atoms with Crippen LogP contribution in [0.15, 0.2) is 11.1 Å². The van der Waals surface area contributed by atoms with E-state index in [-0.39, 0.29) is 35.0 Å². The van der Waals surface area contributed by atoms with E-state index in [0.29, 0.717) is 19.6 Å². The van der Waals surface area contributed by atoms with Crippen molar-refractivity contribution in [2.45, 2.75) is 114 Å². The number of nitrogens with one attached hydrogen (secondary N) is 2. The first-order valence-corrected chi connectivity index (χ1v) is 17.4. The second-order valence-corrected chi connectivity index (χ2v) is 17.4. The van der Waals surface area contributed by atoms with Crippen molar-refractivity contribution >= 4 is 25.4 Å². The van der Waals surface area contributed by atoms with Crippen LogP contribution in [0.2, 0.25) is 18.1 Å². The van der Waals surface area contributed by atoms with Crippen LogP contribution in [0, 0.1) is 12.3 Å². The van der Waals surface area contributed by atoms with Gasteiger partial charge in [0.2, 0.25) is 11.6 Å². The number of halogens is 1. The predicted molar refractivity (Wildman–Crippen MR) is 154 cm³/mol. The van der Waals surface area contributed by atoms with E-state index in [1.54, 1.807) is 0 Å². The van der Waals surface area contributed by atoms with Gasteiger partial charge in [0.05, 0.1) is 12.9 Å². The molecule has 3 saturated heterocycles. The molecule has 13 heteroatoms. The summed E-state index contributed by atoms with van der Waals surface area (Å²) in [6.45, 7) is 11.9. The molecule has 0 saturated carbocycles. The Labute approximate surface area is 241 Å². The molecule has 41 heavy (non-hydrogen) atoms. The Morgan fingerprint density at radius 2 is 1.98 bits per heavy atom. The van der Waals surface area contributed by atoms with Gasteiger partial charge in [0.1, 0.15) is 18.4 Å². The van der Waals surface area contributed by atoms with Gasteiger partial charge in [-0.3, -0.25) is 14.3 Å². The van der Waals surface area contributed by atoms with Crippen molar-refractivity contribution in [3.05, 3.63) is 16.7 Å². The molecule has 3 aliphatic rings. The summed E-state index contributed by atoms with van der Waals surface area (Å²) >= 11 is 0. The Morgan fingerprint density at radius 3 is 2.61 bits per heavy atom. The molecule has 3 aliphatic heterocycles. The zero-order chi connectivity index (χ0) is 29.4. The molecule has 2 aromatic heterocycles. The molecule has 0 aromatic carbocycles. The molecule has 0 radical (unpaired) electrons. The van der Waals surface area contributed by atoms with Crippen molar-refractivity contribution in [2.24, 2.45) is 0 Å². The van der Waals surface area contributed by atoms with Crippen molar-refractivity contribution in [1.82, 2.24) is 19.5 Å². The van der Waals surface area contributed by atoms with Gasteiger partial charge in [-0.15, -0.1) is 6.42 Å². The van der Waals surface area contributed by atoms with E-state index >= 15 is 4.39 Å². The molecule has 226 valence electrons. The highest BCUT2D eigenvalue weighted by Gasteiger charge is 2.60. The first kappa shape index (κ1) is 30.1. The van der Waals surface area contributed by atoms with Crippen LogP contribution >= 0.6 is 0 Å². The Hall–Kier alpha value is -2.34. The van der Waals surface area contributed by atoms with E-state index in [1.807, 2.05) is 0 Å². The fourth-order valence-electron chi connectivity index (χ4n) is 5.14. The Kier molecular flexibility index (Phi) is 8.62. The van der Waals surface area contributed by atoms with Gasteiger partial charge >= 0.3 is 0 Å². The Morgan fingerprint density at radius 1 is 1.24 bits per heavy atom. The van der Waals surface area contributed by atoms with E-state index in [1.165, 1.54) is 10.9 Å². The molecule has 0 amide bonds. The summed E-state index contributed by atoms with van der Waals surface area (Å²) in [5, 5.41) is 3.05. The maximum absolute atomic E-state index is 17.1. The lowest BCUT2D eigenvalue weighted by atomic mass is 9.96.